The van der Waals surface area contributed by atoms with Crippen LogP contribution in [0, 0.1) is 6.92 Å². The van der Waals surface area contributed by atoms with Crippen LogP contribution in [-0.4, -0.2) is 55.2 Å². The van der Waals surface area contributed by atoms with E-state index in [4.69, 9.17) is 10.5 Å². The first kappa shape index (κ1) is 23.3. The van der Waals surface area contributed by atoms with Crippen LogP contribution >= 0.6 is 24.0 Å². The Balaban J connectivity index is 0.00000364. The van der Waals surface area contributed by atoms with E-state index >= 15 is 0 Å². The lowest BCUT2D eigenvalue weighted by Gasteiger charge is -2.32. The van der Waals surface area contributed by atoms with E-state index in [0.717, 1.165) is 36.7 Å². The fourth-order valence-corrected chi connectivity index (χ4v) is 2.92. The SMILES string of the molecule is CCNC(=NCC(C)Oc1ccccc1C)NC1CCN(C(N)=O)CC1.I. The van der Waals surface area contributed by atoms with E-state index in [9.17, 15) is 4.79 Å². The second-order valence-electron chi connectivity index (χ2n) is 6.66. The Morgan fingerprint density at radius 3 is 2.63 bits per heavy atom. The summed E-state index contributed by atoms with van der Waals surface area (Å²) < 4.78 is 5.98. The van der Waals surface area contributed by atoms with E-state index < -0.39 is 0 Å². The van der Waals surface area contributed by atoms with E-state index in [0.29, 0.717) is 19.6 Å². The number of piperidine rings is 1. The molecule has 27 heavy (non-hydrogen) atoms. The highest BCUT2D eigenvalue weighted by Gasteiger charge is 2.21. The van der Waals surface area contributed by atoms with E-state index in [1.54, 1.807) is 4.90 Å². The third-order valence-electron chi connectivity index (χ3n) is 4.42. The number of carbonyl (C=O) groups is 1. The number of hydrogen-bond donors (Lipinski definition) is 3. The molecule has 0 radical (unpaired) electrons. The number of nitrogens with two attached hydrogens (primary N) is 1. The zero-order valence-corrected chi connectivity index (χ0v) is 18.7. The van der Waals surface area contributed by atoms with Gasteiger partial charge in [-0.05, 0) is 45.2 Å². The maximum Gasteiger partial charge on any atom is 0.314 e. The topological polar surface area (TPSA) is 92.0 Å². The van der Waals surface area contributed by atoms with Crippen LogP contribution in [-0.2, 0) is 0 Å². The fourth-order valence-electron chi connectivity index (χ4n) is 2.92. The Kier molecular flexibility index (Phi) is 10.3. The summed E-state index contributed by atoms with van der Waals surface area (Å²) in [5.41, 5.74) is 6.45. The normalized spacial score (nSPS) is 16.3. The van der Waals surface area contributed by atoms with E-state index in [-0.39, 0.29) is 42.2 Å². The average molecular weight is 489 g/mol. The Bertz CT molecular complexity index is 618. The number of primary amides is 1. The molecule has 4 N–H and O–H groups in total. The lowest BCUT2D eigenvalue weighted by Crippen LogP contribution is -2.50. The first-order chi connectivity index (χ1) is 12.5. The van der Waals surface area contributed by atoms with Crippen molar-refractivity contribution in [2.45, 2.75) is 45.8 Å². The summed E-state index contributed by atoms with van der Waals surface area (Å²) in [4.78, 5) is 17.5. The van der Waals surface area contributed by atoms with E-state index in [2.05, 4.69) is 15.6 Å². The molecule has 1 aromatic rings. The Morgan fingerprint density at radius 1 is 1.37 bits per heavy atom. The molecule has 1 saturated heterocycles. The van der Waals surface area contributed by atoms with Gasteiger partial charge in [0.15, 0.2) is 5.96 Å². The van der Waals surface area contributed by atoms with Crippen LogP contribution in [0.2, 0.25) is 0 Å². The van der Waals surface area contributed by atoms with Gasteiger partial charge in [0, 0.05) is 25.7 Å². The summed E-state index contributed by atoms with van der Waals surface area (Å²) in [7, 11) is 0. The lowest BCUT2D eigenvalue weighted by atomic mass is 10.1. The number of carbonyl (C=O) groups excluding carboxylic acids is 1. The van der Waals surface area contributed by atoms with Crippen LogP contribution in [0.1, 0.15) is 32.3 Å². The van der Waals surface area contributed by atoms with Gasteiger partial charge in [0.05, 0.1) is 6.54 Å². The van der Waals surface area contributed by atoms with Gasteiger partial charge < -0.3 is 26.0 Å². The van der Waals surface area contributed by atoms with Crippen LogP contribution in [0.3, 0.4) is 0 Å². The smallest absolute Gasteiger partial charge is 0.314 e. The molecule has 7 nitrogen and oxygen atoms in total. The molecule has 0 aromatic heterocycles. The Morgan fingerprint density at radius 2 is 2.04 bits per heavy atom. The van der Waals surface area contributed by atoms with Crippen molar-refractivity contribution in [3.63, 3.8) is 0 Å². The number of benzene rings is 1. The van der Waals surface area contributed by atoms with Crippen LogP contribution in [0.15, 0.2) is 29.3 Å². The van der Waals surface area contributed by atoms with Gasteiger partial charge >= 0.3 is 6.03 Å². The van der Waals surface area contributed by atoms with Crippen molar-refractivity contribution in [3.8, 4) is 5.75 Å². The second kappa shape index (κ2) is 11.9. The molecule has 1 atom stereocenters. The summed E-state index contributed by atoms with van der Waals surface area (Å²) in [5.74, 6) is 1.68. The molecule has 1 heterocycles. The summed E-state index contributed by atoms with van der Waals surface area (Å²) >= 11 is 0. The maximum absolute atomic E-state index is 11.2. The number of urea groups is 1. The summed E-state index contributed by atoms with van der Waals surface area (Å²) in [6, 6.07) is 7.94. The van der Waals surface area contributed by atoms with Gasteiger partial charge in [-0.15, -0.1) is 24.0 Å². The molecule has 0 aliphatic carbocycles. The van der Waals surface area contributed by atoms with Crippen molar-refractivity contribution in [1.82, 2.24) is 15.5 Å². The van der Waals surface area contributed by atoms with Gasteiger partial charge in [-0.3, -0.25) is 0 Å². The molecule has 1 aliphatic heterocycles. The van der Waals surface area contributed by atoms with Crippen LogP contribution in [0.5, 0.6) is 5.75 Å². The number of aryl methyl sites for hydroxylation is 1. The molecule has 1 aliphatic rings. The number of nitrogens with one attached hydrogen (secondary N) is 2. The van der Waals surface area contributed by atoms with E-state index in [1.807, 2.05) is 45.0 Å². The number of likely N-dealkylation sites (tertiary alicyclic amines) is 1. The Labute approximate surface area is 179 Å². The van der Waals surface area contributed by atoms with Crippen LogP contribution in [0.25, 0.3) is 0 Å². The zero-order valence-electron chi connectivity index (χ0n) is 16.4. The second-order valence-corrected chi connectivity index (χ2v) is 6.66. The number of nitrogens with zero attached hydrogens (tertiary/aromatic N) is 2. The number of para-hydroxylation sites is 1. The highest BCUT2D eigenvalue weighted by Crippen LogP contribution is 2.17. The number of guanidine groups is 1. The third kappa shape index (κ3) is 7.82. The number of aliphatic imine (C=N–C) groups is 1. The van der Waals surface area contributed by atoms with Crippen molar-refractivity contribution < 1.29 is 9.53 Å². The molecule has 2 amide bonds. The predicted molar refractivity (Wildman–Crippen MR) is 120 cm³/mol. The van der Waals surface area contributed by atoms with Gasteiger partial charge in [-0.2, -0.15) is 0 Å². The minimum Gasteiger partial charge on any atom is -0.489 e. The predicted octanol–water partition coefficient (Wildman–Crippen LogP) is 2.48. The first-order valence-corrected chi connectivity index (χ1v) is 9.31. The number of halogens is 1. The molecule has 2 rings (SSSR count). The molecule has 152 valence electrons. The zero-order chi connectivity index (χ0) is 18.9. The quantitative estimate of drug-likeness (QED) is 0.325. The lowest BCUT2D eigenvalue weighted by molar-refractivity contribution is 0.188. The molecular weight excluding hydrogens is 457 g/mol. The fraction of sp³-hybridized carbons (Fsp3) is 0.579. The average Bonchev–Trinajstić information content (AvgIpc) is 2.62. The molecule has 1 aromatic carbocycles. The summed E-state index contributed by atoms with van der Waals surface area (Å²) in [6.45, 7) is 8.81. The highest BCUT2D eigenvalue weighted by atomic mass is 127. The molecule has 0 saturated carbocycles. The van der Waals surface area contributed by atoms with Gasteiger partial charge in [0.2, 0.25) is 0 Å². The van der Waals surface area contributed by atoms with Crippen LogP contribution < -0.4 is 21.1 Å². The number of ether oxygens (including phenoxy) is 1. The minimum absolute atomic E-state index is 0. The molecule has 0 spiro atoms. The molecular formula is C19H32IN5O2. The van der Waals surface area contributed by atoms with Crippen molar-refractivity contribution in [2.24, 2.45) is 10.7 Å². The molecule has 8 heteroatoms. The van der Waals surface area contributed by atoms with Gasteiger partial charge in [-0.25, -0.2) is 9.79 Å². The maximum atomic E-state index is 11.2. The van der Waals surface area contributed by atoms with Crippen molar-refractivity contribution in [3.05, 3.63) is 29.8 Å². The highest BCUT2D eigenvalue weighted by molar-refractivity contribution is 14.0. The minimum atomic E-state index is -0.341. The number of hydrogen-bond acceptors (Lipinski definition) is 3. The molecule has 1 unspecified atom stereocenters. The third-order valence-corrected chi connectivity index (χ3v) is 4.42. The van der Waals surface area contributed by atoms with Crippen molar-refractivity contribution in [2.75, 3.05) is 26.2 Å². The molecule has 0 bridgehead atoms. The summed E-state index contributed by atoms with van der Waals surface area (Å²) in [5, 5.41) is 6.72. The standard InChI is InChI=1S/C19H31N5O2.HI/c1-4-21-19(23-16-9-11-24(12-10-16)18(20)25)22-13-15(3)26-17-8-6-5-7-14(17)2;/h5-8,15-16H,4,9-13H2,1-3H3,(H2,20,25)(H2,21,22,23);1H. The van der Waals surface area contributed by atoms with Gasteiger partial charge in [0.1, 0.15) is 11.9 Å². The van der Waals surface area contributed by atoms with Crippen molar-refractivity contribution >= 4 is 36.0 Å². The largest absolute Gasteiger partial charge is 0.489 e. The van der Waals surface area contributed by atoms with Crippen LogP contribution in [0.4, 0.5) is 4.79 Å². The Hall–Kier alpha value is -1.71. The first-order valence-electron chi connectivity index (χ1n) is 9.31. The number of amides is 2. The monoisotopic (exact) mass is 489 g/mol. The van der Waals surface area contributed by atoms with Gasteiger partial charge in [0.25, 0.3) is 0 Å². The van der Waals surface area contributed by atoms with E-state index in [1.165, 1.54) is 0 Å². The number of rotatable bonds is 6. The van der Waals surface area contributed by atoms with Gasteiger partial charge in [-0.1, -0.05) is 18.2 Å². The van der Waals surface area contributed by atoms with Crippen molar-refractivity contribution in [1.29, 1.82) is 0 Å². The summed E-state index contributed by atoms with van der Waals surface area (Å²) in [6.07, 6.45) is 1.70. The molecule has 1 fully saturated rings.